The number of thiocarbonyl (C=S) groups is 1. The average Bonchev–Trinajstić information content (AvgIpc) is 3.44. The molecule has 0 spiro atoms. The second-order valence-corrected chi connectivity index (χ2v) is 8.55. The Labute approximate surface area is 208 Å². The van der Waals surface area contributed by atoms with Gasteiger partial charge in [-0.3, -0.25) is 14.5 Å². The van der Waals surface area contributed by atoms with E-state index < -0.39 is 6.04 Å². The van der Waals surface area contributed by atoms with Crippen LogP contribution >= 0.6 is 12.2 Å². The molecule has 7 nitrogen and oxygen atoms in total. The van der Waals surface area contributed by atoms with Crippen molar-refractivity contribution < 1.29 is 23.1 Å². The fourth-order valence-corrected chi connectivity index (χ4v) is 4.15. The number of hydrogen-bond donors (Lipinski definition) is 1. The molecular formula is C26H26FN3O4S. The molecule has 182 valence electrons. The summed E-state index contributed by atoms with van der Waals surface area (Å²) in [7, 11) is 0. The summed E-state index contributed by atoms with van der Waals surface area (Å²) in [6.07, 6.45) is 2.36. The summed E-state index contributed by atoms with van der Waals surface area (Å²) in [5.41, 5.74) is 1.34. The number of carbonyl (C=O) groups is 2. The maximum atomic E-state index is 13.4. The Hall–Kier alpha value is -3.72. The van der Waals surface area contributed by atoms with E-state index in [1.807, 2.05) is 6.92 Å². The fraction of sp³-hybridized carbons (Fsp3) is 0.269. The molecule has 1 fully saturated rings. The molecule has 9 heteroatoms. The Morgan fingerprint density at radius 1 is 1.11 bits per heavy atom. The zero-order valence-electron chi connectivity index (χ0n) is 19.3. The molecule has 0 aliphatic carbocycles. The average molecular weight is 496 g/mol. The molecular weight excluding hydrogens is 469 g/mol. The lowest BCUT2D eigenvalue weighted by Crippen LogP contribution is -2.37. The topological polar surface area (TPSA) is 75.0 Å². The number of amides is 2. The summed E-state index contributed by atoms with van der Waals surface area (Å²) in [5, 5.41) is 3.13. The molecule has 2 amide bonds. The van der Waals surface area contributed by atoms with Crippen molar-refractivity contribution in [3.8, 4) is 5.75 Å². The first-order valence-electron chi connectivity index (χ1n) is 11.4. The molecule has 0 saturated carbocycles. The summed E-state index contributed by atoms with van der Waals surface area (Å²) >= 11 is 5.62. The highest BCUT2D eigenvalue weighted by Crippen LogP contribution is 2.26. The summed E-state index contributed by atoms with van der Waals surface area (Å²) in [6, 6.07) is 15.7. The van der Waals surface area contributed by atoms with Crippen LogP contribution in [0.2, 0.25) is 0 Å². The van der Waals surface area contributed by atoms with Crippen molar-refractivity contribution in [3.05, 3.63) is 84.1 Å². The van der Waals surface area contributed by atoms with Gasteiger partial charge in [0.1, 0.15) is 23.4 Å². The highest BCUT2D eigenvalue weighted by atomic mass is 32.1. The first kappa shape index (κ1) is 24.4. The highest BCUT2D eigenvalue weighted by molar-refractivity contribution is 7.80. The number of hydrogen-bond acceptors (Lipinski definition) is 5. The summed E-state index contributed by atoms with van der Waals surface area (Å²) in [4.78, 5) is 29.4. The lowest BCUT2D eigenvalue weighted by atomic mass is 10.1. The van der Waals surface area contributed by atoms with Gasteiger partial charge in [-0.1, -0.05) is 19.1 Å². The molecule has 2 heterocycles. The van der Waals surface area contributed by atoms with Gasteiger partial charge in [0.25, 0.3) is 5.91 Å². The van der Waals surface area contributed by atoms with Crippen LogP contribution in [0.3, 0.4) is 0 Å². The van der Waals surface area contributed by atoms with E-state index in [9.17, 15) is 14.0 Å². The van der Waals surface area contributed by atoms with Crippen LogP contribution in [0.15, 0.2) is 71.3 Å². The summed E-state index contributed by atoms with van der Waals surface area (Å²) in [6.45, 7) is 3.08. The second-order valence-electron chi connectivity index (χ2n) is 8.18. The number of nitrogens with zero attached hydrogens (tertiary/aromatic N) is 2. The third-order valence-corrected chi connectivity index (χ3v) is 6.01. The van der Waals surface area contributed by atoms with Gasteiger partial charge in [-0.05, 0) is 72.7 Å². The molecule has 1 N–H and O–H groups in total. The highest BCUT2D eigenvalue weighted by Gasteiger charge is 2.43. The monoisotopic (exact) mass is 495 g/mol. The molecule has 4 rings (SSSR count). The van der Waals surface area contributed by atoms with Crippen LogP contribution in [-0.2, 0) is 22.7 Å². The number of rotatable bonds is 10. The Bertz CT molecular complexity index is 1170. The van der Waals surface area contributed by atoms with Crippen molar-refractivity contribution in [2.75, 3.05) is 11.9 Å². The standard InChI is InChI=1S/C26H26FN3O4S/c1-2-13-33-21-11-9-20(10-12-21)28-24(31)15-23-25(32)30(16-18-5-7-19(27)8-6-18)26(35)29(23)17-22-4-3-14-34-22/h3-12,14,23H,2,13,15-17H2,1H3,(H,28,31). The molecule has 1 aliphatic heterocycles. The van der Waals surface area contributed by atoms with Crippen LogP contribution in [-0.4, -0.2) is 39.4 Å². The third kappa shape index (κ3) is 6.05. The van der Waals surface area contributed by atoms with Crippen LogP contribution in [0.4, 0.5) is 10.1 Å². The minimum Gasteiger partial charge on any atom is -0.494 e. The molecule has 1 atom stereocenters. The van der Waals surface area contributed by atoms with Crippen molar-refractivity contribution in [1.82, 2.24) is 9.80 Å². The van der Waals surface area contributed by atoms with E-state index >= 15 is 0 Å². The quantitative estimate of drug-likeness (QED) is 0.410. The van der Waals surface area contributed by atoms with E-state index in [0.29, 0.717) is 23.2 Å². The largest absolute Gasteiger partial charge is 0.494 e. The van der Waals surface area contributed by atoms with Gasteiger partial charge < -0.3 is 19.4 Å². The zero-order chi connectivity index (χ0) is 24.8. The molecule has 0 radical (unpaired) electrons. The number of nitrogens with one attached hydrogen (secondary N) is 1. The van der Waals surface area contributed by atoms with Gasteiger partial charge in [-0.2, -0.15) is 0 Å². The van der Waals surface area contributed by atoms with Crippen molar-refractivity contribution >= 4 is 34.8 Å². The van der Waals surface area contributed by atoms with Crippen molar-refractivity contribution in [2.45, 2.75) is 38.9 Å². The van der Waals surface area contributed by atoms with Crippen molar-refractivity contribution in [1.29, 1.82) is 0 Å². The molecule has 0 bridgehead atoms. The number of carbonyl (C=O) groups excluding carboxylic acids is 2. The third-order valence-electron chi connectivity index (χ3n) is 5.55. The van der Waals surface area contributed by atoms with E-state index in [2.05, 4.69) is 5.32 Å². The van der Waals surface area contributed by atoms with E-state index in [-0.39, 0.29) is 37.1 Å². The van der Waals surface area contributed by atoms with Gasteiger partial charge in [0.15, 0.2) is 5.11 Å². The molecule has 1 aromatic heterocycles. The van der Waals surface area contributed by atoms with Crippen LogP contribution in [0.5, 0.6) is 5.75 Å². The van der Waals surface area contributed by atoms with Crippen LogP contribution in [0, 0.1) is 5.82 Å². The maximum absolute atomic E-state index is 13.4. The van der Waals surface area contributed by atoms with Gasteiger partial charge in [-0.25, -0.2) is 4.39 Å². The number of halogens is 1. The van der Waals surface area contributed by atoms with Crippen LogP contribution < -0.4 is 10.1 Å². The minimum atomic E-state index is -0.791. The van der Waals surface area contributed by atoms with Crippen molar-refractivity contribution in [2.24, 2.45) is 0 Å². The number of anilines is 1. The minimum absolute atomic E-state index is 0.0896. The van der Waals surface area contributed by atoms with E-state index in [1.54, 1.807) is 59.7 Å². The first-order valence-corrected chi connectivity index (χ1v) is 11.8. The smallest absolute Gasteiger partial charge is 0.252 e. The molecule has 2 aromatic carbocycles. The molecule has 35 heavy (non-hydrogen) atoms. The van der Waals surface area contributed by atoms with Crippen LogP contribution in [0.25, 0.3) is 0 Å². The Morgan fingerprint density at radius 3 is 2.51 bits per heavy atom. The van der Waals surface area contributed by atoms with Gasteiger partial charge in [-0.15, -0.1) is 0 Å². The van der Waals surface area contributed by atoms with Gasteiger partial charge >= 0.3 is 0 Å². The fourth-order valence-electron chi connectivity index (χ4n) is 3.80. The second kappa shape index (κ2) is 11.1. The predicted molar refractivity (Wildman–Crippen MR) is 133 cm³/mol. The van der Waals surface area contributed by atoms with Gasteiger partial charge in [0.2, 0.25) is 5.91 Å². The molecule has 1 saturated heterocycles. The first-order chi connectivity index (χ1) is 16.9. The SMILES string of the molecule is CCCOc1ccc(NC(=O)CC2C(=O)N(Cc3ccc(F)cc3)C(=S)N2Cc2ccco2)cc1. The van der Waals surface area contributed by atoms with Crippen LogP contribution in [0.1, 0.15) is 31.1 Å². The van der Waals surface area contributed by atoms with E-state index in [0.717, 1.165) is 17.7 Å². The zero-order valence-corrected chi connectivity index (χ0v) is 20.1. The maximum Gasteiger partial charge on any atom is 0.252 e. The normalized spacial score (nSPS) is 15.5. The van der Waals surface area contributed by atoms with E-state index in [4.69, 9.17) is 21.4 Å². The Morgan fingerprint density at radius 2 is 1.86 bits per heavy atom. The molecule has 1 aliphatic rings. The number of furan rings is 1. The summed E-state index contributed by atoms with van der Waals surface area (Å²) in [5.74, 6) is 0.382. The lowest BCUT2D eigenvalue weighted by molar-refractivity contribution is -0.131. The predicted octanol–water partition coefficient (Wildman–Crippen LogP) is 4.73. The van der Waals surface area contributed by atoms with Gasteiger partial charge in [0.05, 0.1) is 32.4 Å². The number of ether oxygens (including phenoxy) is 1. The molecule has 1 unspecified atom stereocenters. The Balaban J connectivity index is 1.47. The van der Waals surface area contributed by atoms with Crippen molar-refractivity contribution in [3.63, 3.8) is 0 Å². The number of benzene rings is 2. The lowest BCUT2D eigenvalue weighted by Gasteiger charge is -2.22. The van der Waals surface area contributed by atoms with E-state index in [1.165, 1.54) is 17.0 Å². The summed E-state index contributed by atoms with van der Waals surface area (Å²) < 4.78 is 24.3. The molecule has 3 aromatic rings. The van der Waals surface area contributed by atoms with Gasteiger partial charge in [0, 0.05) is 5.69 Å². The Kier molecular flexibility index (Phi) is 7.77.